The van der Waals surface area contributed by atoms with Crippen molar-refractivity contribution in [1.29, 1.82) is 0 Å². The van der Waals surface area contributed by atoms with Crippen molar-refractivity contribution in [2.45, 2.75) is 64.5 Å². The van der Waals surface area contributed by atoms with Crippen LogP contribution in [0.25, 0.3) is 0 Å². The van der Waals surface area contributed by atoms with Crippen LogP contribution in [0, 0.1) is 5.41 Å². The summed E-state index contributed by atoms with van der Waals surface area (Å²) < 4.78 is 38.5. The van der Waals surface area contributed by atoms with E-state index in [9.17, 15) is 8.78 Å². The van der Waals surface area contributed by atoms with Crippen molar-refractivity contribution in [3.63, 3.8) is 0 Å². The summed E-state index contributed by atoms with van der Waals surface area (Å²) in [5, 5.41) is 0. The number of hydrogen-bond donors (Lipinski definition) is 0. The van der Waals surface area contributed by atoms with Gasteiger partial charge >= 0.3 is 7.12 Å². The van der Waals surface area contributed by atoms with Gasteiger partial charge < -0.3 is 9.31 Å². The van der Waals surface area contributed by atoms with Crippen LogP contribution in [0.4, 0.5) is 8.78 Å². The Balaban J connectivity index is 2.18. The topological polar surface area (TPSA) is 18.5 Å². The van der Waals surface area contributed by atoms with E-state index in [0.29, 0.717) is 0 Å². The average molecular weight is 232 g/mol. The lowest BCUT2D eigenvalue weighted by atomic mass is 9.77. The van der Waals surface area contributed by atoms with E-state index < -0.39 is 35.5 Å². The van der Waals surface area contributed by atoms with Crippen molar-refractivity contribution in [3.05, 3.63) is 0 Å². The number of hydrogen-bond acceptors (Lipinski definition) is 2. The molecule has 1 saturated carbocycles. The molecule has 0 N–H and O–H groups in total. The number of alkyl halides is 2. The first-order chi connectivity index (χ1) is 6.93. The van der Waals surface area contributed by atoms with Gasteiger partial charge in [-0.25, -0.2) is 8.78 Å². The molecule has 0 amide bonds. The van der Waals surface area contributed by atoms with Crippen molar-refractivity contribution in [3.8, 4) is 0 Å². The molecule has 0 aromatic carbocycles. The fraction of sp³-hybridized carbons (Fsp3) is 1.00. The molecule has 5 heteroatoms. The first-order valence-electron chi connectivity index (χ1n) is 5.67. The number of halogens is 2. The maximum absolute atomic E-state index is 13.6. The van der Waals surface area contributed by atoms with Gasteiger partial charge in [0, 0.05) is 5.41 Å². The quantitative estimate of drug-likeness (QED) is 0.646. The minimum atomic E-state index is -2.69. The fourth-order valence-electron chi connectivity index (χ4n) is 2.23. The van der Waals surface area contributed by atoms with Gasteiger partial charge in [0.2, 0.25) is 0 Å². The lowest BCUT2D eigenvalue weighted by Crippen LogP contribution is -2.41. The lowest BCUT2D eigenvalue weighted by Gasteiger charge is -2.32. The predicted octanol–water partition coefficient (Wildman–Crippen LogP) is 3.12. The average Bonchev–Trinajstić information content (AvgIpc) is 2.26. The summed E-state index contributed by atoms with van der Waals surface area (Å²) in [6.07, 6.45) is 0. The van der Waals surface area contributed by atoms with Crippen LogP contribution >= 0.6 is 0 Å². The van der Waals surface area contributed by atoms with Crippen molar-refractivity contribution < 1.29 is 18.1 Å². The monoisotopic (exact) mass is 232 g/mol. The van der Waals surface area contributed by atoms with Crippen LogP contribution in [0.3, 0.4) is 0 Å². The Kier molecular flexibility index (Phi) is 2.16. The second-order valence-corrected chi connectivity index (χ2v) is 6.45. The maximum Gasteiger partial charge on any atom is 0.468 e. The Morgan fingerprint density at radius 1 is 0.875 bits per heavy atom. The third-order valence-corrected chi connectivity index (χ3v) is 4.49. The minimum absolute atomic E-state index is 0.535. The largest absolute Gasteiger partial charge is 0.468 e. The van der Waals surface area contributed by atoms with Crippen molar-refractivity contribution >= 4 is 7.12 Å². The van der Waals surface area contributed by atoms with Crippen LogP contribution in [0.15, 0.2) is 0 Å². The van der Waals surface area contributed by atoms with Crippen LogP contribution in [-0.4, -0.2) is 24.2 Å². The molecule has 16 heavy (non-hydrogen) atoms. The minimum Gasteiger partial charge on any atom is -0.403 e. The lowest BCUT2D eigenvalue weighted by molar-refractivity contribution is 0.00578. The van der Waals surface area contributed by atoms with Gasteiger partial charge in [0.05, 0.1) is 17.0 Å². The second-order valence-electron chi connectivity index (χ2n) is 6.45. The SMILES string of the molecule is CC1(C)OB([C@H]2C(C)(C)C2(F)F)OC1(C)C. The summed E-state index contributed by atoms with van der Waals surface area (Å²) in [5.74, 6) is -3.52. The van der Waals surface area contributed by atoms with E-state index in [0.717, 1.165) is 0 Å². The van der Waals surface area contributed by atoms with E-state index in [1.165, 1.54) is 0 Å². The Morgan fingerprint density at radius 2 is 1.19 bits per heavy atom. The maximum atomic E-state index is 13.6. The first kappa shape index (κ1) is 12.3. The molecule has 1 saturated heterocycles. The number of rotatable bonds is 1. The molecule has 2 fully saturated rings. The molecule has 1 heterocycles. The molecule has 1 aliphatic heterocycles. The molecule has 0 aromatic rings. The van der Waals surface area contributed by atoms with Gasteiger partial charge in [0.25, 0.3) is 5.92 Å². The predicted molar refractivity (Wildman–Crippen MR) is 58.6 cm³/mol. The van der Waals surface area contributed by atoms with Crippen LogP contribution in [0.2, 0.25) is 5.82 Å². The summed E-state index contributed by atoms with van der Waals surface area (Å²) in [5.41, 5.74) is -2.09. The Morgan fingerprint density at radius 3 is 1.44 bits per heavy atom. The molecule has 0 spiro atoms. The Labute approximate surface area is 95.8 Å². The molecule has 2 nitrogen and oxygen atoms in total. The summed E-state index contributed by atoms with van der Waals surface area (Å²) in [6, 6.07) is 0. The molecule has 92 valence electrons. The smallest absolute Gasteiger partial charge is 0.403 e. The zero-order chi connectivity index (χ0) is 12.6. The molecule has 2 rings (SSSR count). The van der Waals surface area contributed by atoms with Crippen molar-refractivity contribution in [2.24, 2.45) is 5.41 Å². The highest BCUT2D eigenvalue weighted by atomic mass is 19.3. The van der Waals surface area contributed by atoms with Gasteiger partial charge in [-0.2, -0.15) is 0 Å². The Hall–Kier alpha value is -0.155. The van der Waals surface area contributed by atoms with Gasteiger partial charge in [-0.05, 0) is 27.7 Å². The molecule has 1 atom stereocenters. The van der Waals surface area contributed by atoms with Gasteiger partial charge in [0.15, 0.2) is 0 Å². The second kappa shape index (κ2) is 2.81. The molecule has 0 aromatic heterocycles. The molecule has 0 radical (unpaired) electrons. The normalized spacial score (nSPS) is 37.5. The highest BCUT2D eigenvalue weighted by Crippen LogP contribution is 2.72. The van der Waals surface area contributed by atoms with E-state index in [1.807, 2.05) is 27.7 Å². The van der Waals surface area contributed by atoms with Crippen LogP contribution in [0.5, 0.6) is 0 Å². The molecular weight excluding hydrogens is 213 g/mol. The van der Waals surface area contributed by atoms with Gasteiger partial charge in [0.1, 0.15) is 0 Å². The van der Waals surface area contributed by atoms with Crippen LogP contribution in [-0.2, 0) is 9.31 Å². The molecule has 0 unspecified atom stereocenters. The van der Waals surface area contributed by atoms with Crippen LogP contribution in [0.1, 0.15) is 41.5 Å². The molecular formula is C11H19BF2O2. The van der Waals surface area contributed by atoms with E-state index in [1.54, 1.807) is 13.8 Å². The standard InChI is InChI=1S/C11H19BF2O2/c1-8(2)7(11(8,13)14)12-15-9(3,4)10(5,6)16-12/h7H,1-6H3/t7-/m0/s1. The zero-order valence-electron chi connectivity index (χ0n) is 10.7. The van der Waals surface area contributed by atoms with E-state index in [2.05, 4.69) is 0 Å². The first-order valence-corrected chi connectivity index (χ1v) is 5.67. The molecule has 2 aliphatic rings. The third-order valence-electron chi connectivity index (χ3n) is 4.49. The van der Waals surface area contributed by atoms with Crippen LogP contribution < -0.4 is 0 Å². The van der Waals surface area contributed by atoms with E-state index in [4.69, 9.17) is 9.31 Å². The Bertz CT molecular complexity index is 296. The summed E-state index contributed by atoms with van der Waals surface area (Å²) in [6.45, 7) is 10.6. The molecule has 0 bridgehead atoms. The summed E-state index contributed by atoms with van der Waals surface area (Å²) in [7, 11) is -0.796. The van der Waals surface area contributed by atoms with E-state index in [-0.39, 0.29) is 0 Å². The third kappa shape index (κ3) is 1.30. The molecule has 1 aliphatic carbocycles. The van der Waals surface area contributed by atoms with Gasteiger partial charge in [-0.1, -0.05) is 13.8 Å². The highest BCUT2D eigenvalue weighted by molar-refractivity contribution is 6.49. The highest BCUT2D eigenvalue weighted by Gasteiger charge is 2.81. The van der Waals surface area contributed by atoms with Crippen molar-refractivity contribution in [1.82, 2.24) is 0 Å². The fourth-order valence-corrected chi connectivity index (χ4v) is 2.23. The summed E-state index contributed by atoms with van der Waals surface area (Å²) in [4.78, 5) is 0. The van der Waals surface area contributed by atoms with Gasteiger partial charge in [-0.15, -0.1) is 0 Å². The zero-order valence-corrected chi connectivity index (χ0v) is 10.7. The van der Waals surface area contributed by atoms with Gasteiger partial charge in [-0.3, -0.25) is 0 Å². The summed E-state index contributed by atoms with van der Waals surface area (Å²) >= 11 is 0. The van der Waals surface area contributed by atoms with Crippen molar-refractivity contribution in [2.75, 3.05) is 0 Å². The van der Waals surface area contributed by atoms with E-state index >= 15 is 0 Å².